The molecule has 1 N–H and O–H groups in total. The molecule has 94 valence electrons. The Balaban J connectivity index is 1.96. The summed E-state index contributed by atoms with van der Waals surface area (Å²) in [6.45, 7) is 6.90. The van der Waals surface area contributed by atoms with E-state index in [0.717, 1.165) is 5.76 Å². The van der Waals surface area contributed by atoms with Crippen LogP contribution in [-0.2, 0) is 11.3 Å². The molecule has 1 aliphatic carbocycles. The highest BCUT2D eigenvalue weighted by Crippen LogP contribution is 2.44. The molecule has 4 heteroatoms. The van der Waals surface area contributed by atoms with Crippen LogP contribution in [0.15, 0.2) is 10.5 Å². The molecule has 1 saturated carbocycles. The van der Waals surface area contributed by atoms with Gasteiger partial charge in [0.15, 0.2) is 0 Å². The van der Waals surface area contributed by atoms with Crippen molar-refractivity contribution in [3.05, 3.63) is 23.2 Å². The third-order valence-electron chi connectivity index (χ3n) is 3.41. The van der Waals surface area contributed by atoms with Crippen LogP contribution in [-0.4, -0.2) is 19.1 Å². The summed E-state index contributed by atoms with van der Waals surface area (Å²) in [7, 11) is 1.37. The molecular weight excluding hydrogens is 218 g/mol. The molecule has 0 aliphatic heterocycles. The highest BCUT2D eigenvalue weighted by atomic mass is 16.5. The van der Waals surface area contributed by atoms with E-state index in [1.165, 1.54) is 13.5 Å². The molecule has 0 bridgehead atoms. The van der Waals surface area contributed by atoms with Gasteiger partial charge in [0.2, 0.25) is 0 Å². The van der Waals surface area contributed by atoms with Crippen molar-refractivity contribution in [2.24, 2.45) is 5.41 Å². The van der Waals surface area contributed by atoms with E-state index in [-0.39, 0.29) is 5.97 Å². The third-order valence-corrected chi connectivity index (χ3v) is 3.41. The fourth-order valence-corrected chi connectivity index (χ4v) is 1.98. The first-order chi connectivity index (χ1) is 7.94. The molecule has 0 radical (unpaired) electrons. The van der Waals surface area contributed by atoms with Gasteiger partial charge in [-0.1, -0.05) is 13.8 Å². The molecule has 1 aromatic heterocycles. The lowest BCUT2D eigenvalue weighted by Crippen LogP contribution is -2.19. The van der Waals surface area contributed by atoms with Gasteiger partial charge in [-0.15, -0.1) is 0 Å². The van der Waals surface area contributed by atoms with Gasteiger partial charge in [-0.3, -0.25) is 0 Å². The number of methoxy groups -OCH3 is 1. The van der Waals surface area contributed by atoms with Crippen molar-refractivity contribution in [3.8, 4) is 0 Å². The fraction of sp³-hybridized carbons (Fsp3) is 0.615. The number of nitrogens with one attached hydrogen (secondary N) is 1. The number of furan rings is 1. The zero-order valence-electron chi connectivity index (χ0n) is 10.8. The first kappa shape index (κ1) is 12.2. The highest BCUT2D eigenvalue weighted by molar-refractivity contribution is 5.90. The van der Waals surface area contributed by atoms with E-state index in [2.05, 4.69) is 23.9 Å². The summed E-state index contributed by atoms with van der Waals surface area (Å²) in [4.78, 5) is 11.4. The first-order valence-corrected chi connectivity index (χ1v) is 5.85. The minimum Gasteiger partial charge on any atom is -0.465 e. The van der Waals surface area contributed by atoms with Crippen LogP contribution in [0.25, 0.3) is 0 Å². The van der Waals surface area contributed by atoms with Crippen LogP contribution in [0.3, 0.4) is 0 Å². The molecule has 1 aromatic rings. The third kappa shape index (κ3) is 2.52. The molecule has 1 heterocycles. The Labute approximate surface area is 101 Å². The molecule has 4 nitrogen and oxygen atoms in total. The number of hydrogen-bond acceptors (Lipinski definition) is 4. The van der Waals surface area contributed by atoms with Crippen molar-refractivity contribution in [3.63, 3.8) is 0 Å². The molecule has 1 fully saturated rings. The van der Waals surface area contributed by atoms with Gasteiger partial charge >= 0.3 is 5.97 Å². The Morgan fingerprint density at radius 1 is 1.65 bits per heavy atom. The van der Waals surface area contributed by atoms with Gasteiger partial charge in [0.25, 0.3) is 0 Å². The molecule has 0 spiro atoms. The standard InChI is InChI=1S/C13H19NO3/c1-8-10(12(15)16-4)5-9(17-8)7-14-11-6-13(11,2)3/h5,11,14H,6-7H2,1-4H3. The Bertz CT molecular complexity index is 434. The monoisotopic (exact) mass is 237 g/mol. The van der Waals surface area contributed by atoms with Crippen molar-refractivity contribution >= 4 is 5.97 Å². The summed E-state index contributed by atoms with van der Waals surface area (Å²) in [6.07, 6.45) is 1.19. The maximum Gasteiger partial charge on any atom is 0.341 e. The second-order valence-electron chi connectivity index (χ2n) is 5.30. The van der Waals surface area contributed by atoms with Gasteiger partial charge in [-0.2, -0.15) is 0 Å². The van der Waals surface area contributed by atoms with E-state index in [9.17, 15) is 4.79 Å². The molecule has 1 aliphatic rings. The highest BCUT2D eigenvalue weighted by Gasteiger charge is 2.45. The van der Waals surface area contributed by atoms with Gasteiger partial charge in [0.1, 0.15) is 17.1 Å². The van der Waals surface area contributed by atoms with E-state index in [4.69, 9.17) is 4.42 Å². The molecule has 0 saturated heterocycles. The van der Waals surface area contributed by atoms with Gasteiger partial charge in [-0.05, 0) is 24.8 Å². The van der Waals surface area contributed by atoms with Gasteiger partial charge in [0.05, 0.1) is 13.7 Å². The van der Waals surface area contributed by atoms with Crippen molar-refractivity contribution in [1.29, 1.82) is 0 Å². The quantitative estimate of drug-likeness (QED) is 0.816. The predicted octanol–water partition coefficient (Wildman–Crippen LogP) is 2.26. The van der Waals surface area contributed by atoms with E-state index < -0.39 is 0 Å². The lowest BCUT2D eigenvalue weighted by Gasteiger charge is -2.03. The Morgan fingerprint density at radius 3 is 2.82 bits per heavy atom. The molecule has 0 amide bonds. The summed E-state index contributed by atoms with van der Waals surface area (Å²) in [5, 5.41) is 3.41. The summed E-state index contributed by atoms with van der Waals surface area (Å²) >= 11 is 0. The minimum absolute atomic E-state index is 0.343. The zero-order valence-corrected chi connectivity index (χ0v) is 10.8. The average molecular weight is 237 g/mol. The summed E-state index contributed by atoms with van der Waals surface area (Å²) in [5.41, 5.74) is 0.909. The summed E-state index contributed by atoms with van der Waals surface area (Å²) < 4.78 is 10.2. The first-order valence-electron chi connectivity index (χ1n) is 5.85. The molecule has 1 atom stereocenters. The summed E-state index contributed by atoms with van der Waals surface area (Å²) in [6, 6.07) is 2.30. The van der Waals surface area contributed by atoms with Crippen molar-refractivity contribution in [2.75, 3.05) is 7.11 Å². The number of aryl methyl sites for hydroxylation is 1. The lowest BCUT2D eigenvalue weighted by atomic mass is 10.2. The maximum absolute atomic E-state index is 11.4. The molecular formula is C13H19NO3. The van der Waals surface area contributed by atoms with Crippen molar-refractivity contribution < 1.29 is 13.9 Å². The Morgan fingerprint density at radius 2 is 2.29 bits per heavy atom. The van der Waals surface area contributed by atoms with Crippen LogP contribution in [0.2, 0.25) is 0 Å². The van der Waals surface area contributed by atoms with Crippen LogP contribution in [0.4, 0.5) is 0 Å². The van der Waals surface area contributed by atoms with Crippen molar-refractivity contribution in [1.82, 2.24) is 5.32 Å². The van der Waals surface area contributed by atoms with Crippen LogP contribution < -0.4 is 5.32 Å². The van der Waals surface area contributed by atoms with Crippen LogP contribution >= 0.6 is 0 Å². The number of rotatable bonds is 4. The lowest BCUT2D eigenvalue weighted by molar-refractivity contribution is 0.0599. The van der Waals surface area contributed by atoms with E-state index >= 15 is 0 Å². The molecule has 17 heavy (non-hydrogen) atoms. The largest absolute Gasteiger partial charge is 0.465 e. The topological polar surface area (TPSA) is 51.5 Å². The number of hydrogen-bond donors (Lipinski definition) is 1. The normalized spacial score (nSPS) is 21.3. The molecule has 1 unspecified atom stereocenters. The van der Waals surface area contributed by atoms with Crippen LogP contribution in [0, 0.1) is 12.3 Å². The van der Waals surface area contributed by atoms with E-state index in [1.807, 2.05) is 0 Å². The van der Waals surface area contributed by atoms with Crippen molar-refractivity contribution in [2.45, 2.75) is 39.8 Å². The number of carbonyl (C=O) groups is 1. The maximum atomic E-state index is 11.4. The smallest absolute Gasteiger partial charge is 0.341 e. The second kappa shape index (κ2) is 4.18. The average Bonchev–Trinajstić information content (AvgIpc) is 2.70. The number of esters is 1. The minimum atomic E-state index is -0.343. The Hall–Kier alpha value is -1.29. The molecule has 2 rings (SSSR count). The van der Waals surface area contributed by atoms with Gasteiger partial charge in [0, 0.05) is 6.04 Å². The summed E-state index contributed by atoms with van der Waals surface area (Å²) in [5.74, 6) is 1.05. The zero-order chi connectivity index (χ0) is 12.6. The van der Waals surface area contributed by atoms with Gasteiger partial charge < -0.3 is 14.5 Å². The predicted molar refractivity (Wildman–Crippen MR) is 63.8 cm³/mol. The van der Waals surface area contributed by atoms with Crippen LogP contribution in [0.1, 0.15) is 42.1 Å². The van der Waals surface area contributed by atoms with Gasteiger partial charge in [-0.25, -0.2) is 4.79 Å². The fourth-order valence-electron chi connectivity index (χ4n) is 1.98. The Kier molecular flexibility index (Phi) is 3.00. The second-order valence-corrected chi connectivity index (χ2v) is 5.30. The SMILES string of the molecule is COC(=O)c1cc(CNC2CC2(C)C)oc1C. The number of ether oxygens (including phenoxy) is 1. The van der Waals surface area contributed by atoms with E-state index in [0.29, 0.717) is 29.3 Å². The number of carbonyl (C=O) groups excluding carboxylic acids is 1. The molecule has 0 aromatic carbocycles. The van der Waals surface area contributed by atoms with E-state index in [1.54, 1.807) is 13.0 Å². The van der Waals surface area contributed by atoms with Crippen LogP contribution in [0.5, 0.6) is 0 Å².